The molecule has 0 spiro atoms. The SMILES string of the molecule is Cc1cc(OC2CCN(S(=O)(=O)c3ccc(C#N)cc3)CC2)cc(=O)n1C. The van der Waals surface area contributed by atoms with Crippen molar-refractivity contribution in [3.05, 3.63) is 58.0 Å². The van der Waals surface area contributed by atoms with Crippen LogP contribution in [0.1, 0.15) is 24.1 Å². The van der Waals surface area contributed by atoms with Gasteiger partial charge in [-0.25, -0.2) is 8.42 Å². The number of rotatable bonds is 4. The summed E-state index contributed by atoms with van der Waals surface area (Å²) in [6, 6.07) is 11.2. The number of hydrogen-bond acceptors (Lipinski definition) is 5. The number of nitrogens with zero attached hydrogens (tertiary/aromatic N) is 3. The number of benzene rings is 1. The van der Waals surface area contributed by atoms with Crippen molar-refractivity contribution in [3.8, 4) is 11.8 Å². The second kappa shape index (κ2) is 7.55. The minimum atomic E-state index is -3.59. The van der Waals surface area contributed by atoms with Crippen molar-refractivity contribution in [2.75, 3.05) is 13.1 Å². The number of ether oxygens (including phenoxy) is 1. The molecule has 0 atom stereocenters. The summed E-state index contributed by atoms with van der Waals surface area (Å²) in [6.07, 6.45) is 0.956. The van der Waals surface area contributed by atoms with Crippen LogP contribution >= 0.6 is 0 Å². The Balaban J connectivity index is 1.66. The fraction of sp³-hybridized carbons (Fsp3) is 0.368. The number of aromatic nitrogens is 1. The van der Waals surface area contributed by atoms with Crippen molar-refractivity contribution >= 4 is 10.0 Å². The summed E-state index contributed by atoms with van der Waals surface area (Å²) in [7, 11) is -1.88. The molecule has 1 aliphatic rings. The number of pyridine rings is 1. The summed E-state index contributed by atoms with van der Waals surface area (Å²) in [5.41, 5.74) is 1.09. The Hall–Kier alpha value is -2.63. The topological polar surface area (TPSA) is 92.4 Å². The lowest BCUT2D eigenvalue weighted by atomic mass is 10.1. The highest BCUT2D eigenvalue weighted by atomic mass is 32.2. The highest BCUT2D eigenvalue weighted by molar-refractivity contribution is 7.89. The number of aryl methyl sites for hydroxylation is 1. The van der Waals surface area contributed by atoms with Gasteiger partial charge in [0, 0.05) is 31.9 Å². The lowest BCUT2D eigenvalue weighted by molar-refractivity contribution is 0.134. The van der Waals surface area contributed by atoms with Crippen LogP contribution in [0, 0.1) is 18.3 Å². The summed E-state index contributed by atoms with van der Waals surface area (Å²) < 4.78 is 34.3. The summed E-state index contributed by atoms with van der Waals surface area (Å²) in [6.45, 7) is 2.52. The molecule has 8 heteroatoms. The van der Waals surface area contributed by atoms with Gasteiger partial charge in [0.1, 0.15) is 11.9 Å². The molecule has 142 valence electrons. The molecule has 1 aliphatic heterocycles. The first-order valence-corrected chi connectivity index (χ1v) is 10.1. The van der Waals surface area contributed by atoms with Crippen molar-refractivity contribution in [1.29, 1.82) is 5.26 Å². The van der Waals surface area contributed by atoms with Gasteiger partial charge in [-0.05, 0) is 50.1 Å². The zero-order valence-electron chi connectivity index (χ0n) is 15.3. The normalized spacial score (nSPS) is 16.0. The molecule has 0 saturated carbocycles. The van der Waals surface area contributed by atoms with E-state index >= 15 is 0 Å². The average Bonchev–Trinajstić information content (AvgIpc) is 2.66. The summed E-state index contributed by atoms with van der Waals surface area (Å²) in [5, 5.41) is 8.84. The monoisotopic (exact) mass is 387 g/mol. The van der Waals surface area contributed by atoms with E-state index in [1.54, 1.807) is 17.7 Å². The molecule has 0 bridgehead atoms. The minimum absolute atomic E-state index is 0.133. The lowest BCUT2D eigenvalue weighted by Crippen LogP contribution is -2.41. The van der Waals surface area contributed by atoms with Gasteiger partial charge in [0.15, 0.2) is 0 Å². The average molecular weight is 387 g/mol. The molecule has 1 aromatic carbocycles. The highest BCUT2D eigenvalue weighted by Crippen LogP contribution is 2.24. The van der Waals surface area contributed by atoms with Crippen LogP contribution in [0.3, 0.4) is 0 Å². The van der Waals surface area contributed by atoms with Crippen LogP contribution in [0.15, 0.2) is 46.1 Å². The van der Waals surface area contributed by atoms with Crippen LogP contribution in [0.5, 0.6) is 5.75 Å². The van der Waals surface area contributed by atoms with E-state index in [1.165, 1.54) is 34.6 Å². The van der Waals surface area contributed by atoms with E-state index in [0.29, 0.717) is 37.2 Å². The van der Waals surface area contributed by atoms with Crippen molar-refractivity contribution in [3.63, 3.8) is 0 Å². The number of hydrogen-bond donors (Lipinski definition) is 0. The van der Waals surface area contributed by atoms with E-state index in [2.05, 4.69) is 0 Å². The third kappa shape index (κ3) is 4.04. The molecule has 7 nitrogen and oxygen atoms in total. The van der Waals surface area contributed by atoms with E-state index in [0.717, 1.165) is 5.69 Å². The zero-order chi connectivity index (χ0) is 19.6. The predicted octanol–water partition coefficient (Wildman–Crippen LogP) is 1.80. The summed E-state index contributed by atoms with van der Waals surface area (Å²) in [4.78, 5) is 12.0. The number of nitriles is 1. The van der Waals surface area contributed by atoms with Crippen LogP contribution in [0.4, 0.5) is 0 Å². The van der Waals surface area contributed by atoms with E-state index in [-0.39, 0.29) is 16.6 Å². The molecule has 0 N–H and O–H groups in total. The molecule has 2 heterocycles. The van der Waals surface area contributed by atoms with E-state index in [4.69, 9.17) is 10.00 Å². The first-order chi connectivity index (χ1) is 12.8. The number of sulfonamides is 1. The van der Waals surface area contributed by atoms with Gasteiger partial charge >= 0.3 is 0 Å². The van der Waals surface area contributed by atoms with E-state index in [9.17, 15) is 13.2 Å². The Morgan fingerprint density at radius 1 is 1.15 bits per heavy atom. The Morgan fingerprint density at radius 3 is 2.33 bits per heavy atom. The smallest absolute Gasteiger partial charge is 0.254 e. The minimum Gasteiger partial charge on any atom is -0.490 e. The Morgan fingerprint density at radius 2 is 1.78 bits per heavy atom. The number of piperidine rings is 1. The second-order valence-electron chi connectivity index (χ2n) is 6.59. The van der Waals surface area contributed by atoms with Crippen LogP contribution in [0.25, 0.3) is 0 Å². The Kier molecular flexibility index (Phi) is 5.35. The molecule has 3 rings (SSSR count). The quantitative estimate of drug-likeness (QED) is 0.798. The third-order valence-electron chi connectivity index (χ3n) is 4.80. The van der Waals surface area contributed by atoms with Gasteiger partial charge in [-0.3, -0.25) is 4.79 Å². The molecule has 0 aliphatic carbocycles. The van der Waals surface area contributed by atoms with Crippen molar-refractivity contribution in [2.45, 2.75) is 30.8 Å². The second-order valence-corrected chi connectivity index (χ2v) is 8.53. The zero-order valence-corrected chi connectivity index (χ0v) is 16.1. The molecule has 1 aromatic heterocycles. The fourth-order valence-corrected chi connectivity index (χ4v) is 4.51. The van der Waals surface area contributed by atoms with Gasteiger partial charge in [0.25, 0.3) is 5.56 Å². The van der Waals surface area contributed by atoms with Gasteiger partial charge < -0.3 is 9.30 Å². The van der Waals surface area contributed by atoms with E-state index < -0.39 is 10.0 Å². The van der Waals surface area contributed by atoms with Gasteiger partial charge in [0.2, 0.25) is 10.0 Å². The molecule has 2 aromatic rings. The Bertz CT molecular complexity index is 1030. The van der Waals surface area contributed by atoms with Gasteiger partial charge in [-0.2, -0.15) is 9.57 Å². The predicted molar refractivity (Wildman–Crippen MR) is 100.0 cm³/mol. The van der Waals surface area contributed by atoms with Gasteiger partial charge in [0.05, 0.1) is 16.5 Å². The molecular formula is C19H21N3O4S. The molecule has 1 saturated heterocycles. The van der Waals surface area contributed by atoms with Gasteiger partial charge in [-0.15, -0.1) is 0 Å². The van der Waals surface area contributed by atoms with Crippen LogP contribution in [0.2, 0.25) is 0 Å². The van der Waals surface area contributed by atoms with Crippen LogP contribution < -0.4 is 10.3 Å². The molecule has 1 fully saturated rings. The van der Waals surface area contributed by atoms with Crippen LogP contribution in [-0.4, -0.2) is 36.5 Å². The Labute approximate surface area is 158 Å². The lowest BCUT2D eigenvalue weighted by Gasteiger charge is -2.31. The molecule has 0 radical (unpaired) electrons. The third-order valence-corrected chi connectivity index (χ3v) is 6.71. The fourth-order valence-electron chi connectivity index (χ4n) is 3.04. The first-order valence-electron chi connectivity index (χ1n) is 8.66. The highest BCUT2D eigenvalue weighted by Gasteiger charge is 2.30. The van der Waals surface area contributed by atoms with Crippen molar-refractivity contribution in [1.82, 2.24) is 8.87 Å². The van der Waals surface area contributed by atoms with E-state index in [1.807, 2.05) is 13.0 Å². The van der Waals surface area contributed by atoms with Crippen LogP contribution in [-0.2, 0) is 17.1 Å². The summed E-state index contributed by atoms with van der Waals surface area (Å²) in [5.74, 6) is 0.518. The molecule has 27 heavy (non-hydrogen) atoms. The standard InChI is InChI=1S/C19H21N3O4S/c1-14-11-17(12-19(23)21(14)2)26-16-7-9-22(10-8-16)27(24,25)18-5-3-15(13-20)4-6-18/h3-6,11-12,16H,7-10H2,1-2H3. The largest absolute Gasteiger partial charge is 0.490 e. The maximum Gasteiger partial charge on any atom is 0.254 e. The summed E-state index contributed by atoms with van der Waals surface area (Å²) >= 11 is 0. The molecule has 0 unspecified atom stereocenters. The molecular weight excluding hydrogens is 366 g/mol. The van der Waals surface area contributed by atoms with Gasteiger partial charge in [-0.1, -0.05) is 0 Å². The maximum absolute atomic E-state index is 12.7. The maximum atomic E-state index is 12.7. The van der Waals surface area contributed by atoms with Crippen molar-refractivity contribution in [2.24, 2.45) is 7.05 Å². The molecule has 0 amide bonds. The van der Waals surface area contributed by atoms with Crippen molar-refractivity contribution < 1.29 is 13.2 Å². The first kappa shape index (κ1) is 19.1.